The van der Waals surface area contributed by atoms with Gasteiger partial charge in [-0.2, -0.15) is 13.2 Å². The van der Waals surface area contributed by atoms with Crippen molar-refractivity contribution in [1.82, 2.24) is 9.80 Å². The first-order chi connectivity index (χ1) is 17.0. The number of alkyl halides is 3. The van der Waals surface area contributed by atoms with Crippen molar-refractivity contribution in [2.24, 2.45) is 5.41 Å². The first-order valence-corrected chi connectivity index (χ1v) is 11.5. The fraction of sp³-hybridized carbons (Fsp3) is 0.400. The second-order valence-electron chi connectivity index (χ2n) is 8.85. The lowest BCUT2D eigenvalue weighted by Crippen LogP contribution is -2.46. The van der Waals surface area contributed by atoms with Crippen LogP contribution < -0.4 is 10.6 Å². The standard InChI is InChI=1S/C23H28N4O2.C2HF3O2/c1-26-16-13-23(21(28)24-18-8-4-2-5-9-18)14-17-27(15-12-20(23)26)22(29)25-19-10-6-3-7-11-19;3-2(4,5)1(6)7/h2-11,20H,12-17H2,1H3,(H,24,28)(H,25,29);(H,6,7)/t20-,23-;/m1./s1. The molecule has 0 radical (unpaired) electrons. The molecular weight excluding hydrogens is 477 g/mol. The van der Waals surface area contributed by atoms with Crippen LogP contribution in [0.1, 0.15) is 19.3 Å². The lowest BCUT2D eigenvalue weighted by molar-refractivity contribution is -0.192. The number of carbonyl (C=O) groups is 3. The van der Waals surface area contributed by atoms with Crippen molar-refractivity contribution in [3.63, 3.8) is 0 Å². The fourth-order valence-corrected chi connectivity index (χ4v) is 4.72. The van der Waals surface area contributed by atoms with Gasteiger partial charge in [0.15, 0.2) is 0 Å². The number of halogens is 3. The van der Waals surface area contributed by atoms with Crippen molar-refractivity contribution in [2.75, 3.05) is 37.3 Å². The highest BCUT2D eigenvalue weighted by atomic mass is 19.4. The predicted molar refractivity (Wildman–Crippen MR) is 128 cm³/mol. The van der Waals surface area contributed by atoms with Crippen LogP contribution in [0, 0.1) is 5.41 Å². The minimum Gasteiger partial charge on any atom is -0.475 e. The summed E-state index contributed by atoms with van der Waals surface area (Å²) in [6.07, 6.45) is -2.80. The van der Waals surface area contributed by atoms with Gasteiger partial charge in [0, 0.05) is 30.5 Å². The topological polar surface area (TPSA) is 102 Å². The quantitative estimate of drug-likeness (QED) is 0.577. The molecule has 2 aliphatic heterocycles. The Morgan fingerprint density at radius 1 is 0.889 bits per heavy atom. The predicted octanol–water partition coefficient (Wildman–Crippen LogP) is 4.28. The molecule has 2 aromatic rings. The molecule has 2 saturated heterocycles. The number of carboxylic acids is 1. The van der Waals surface area contributed by atoms with Crippen molar-refractivity contribution in [3.05, 3.63) is 60.7 Å². The smallest absolute Gasteiger partial charge is 0.475 e. The molecule has 4 rings (SSSR count). The van der Waals surface area contributed by atoms with Gasteiger partial charge in [0.2, 0.25) is 5.91 Å². The van der Waals surface area contributed by atoms with Crippen LogP contribution >= 0.6 is 0 Å². The summed E-state index contributed by atoms with van der Waals surface area (Å²) in [7, 11) is 2.09. The third kappa shape index (κ3) is 6.54. The molecule has 11 heteroatoms. The van der Waals surface area contributed by atoms with Crippen LogP contribution in [0.15, 0.2) is 60.7 Å². The van der Waals surface area contributed by atoms with Gasteiger partial charge in [-0.25, -0.2) is 9.59 Å². The molecule has 0 saturated carbocycles. The number of likely N-dealkylation sites (tertiary alicyclic amines) is 2. The minimum absolute atomic E-state index is 0.0726. The average molecular weight is 507 g/mol. The molecule has 0 aromatic heterocycles. The van der Waals surface area contributed by atoms with E-state index >= 15 is 0 Å². The molecule has 0 unspecified atom stereocenters. The van der Waals surface area contributed by atoms with E-state index in [0.717, 1.165) is 30.8 Å². The number of nitrogens with one attached hydrogen (secondary N) is 2. The average Bonchev–Trinajstić information content (AvgIpc) is 3.03. The monoisotopic (exact) mass is 506 g/mol. The summed E-state index contributed by atoms with van der Waals surface area (Å²) in [5.74, 6) is -2.68. The molecule has 0 bridgehead atoms. The van der Waals surface area contributed by atoms with Gasteiger partial charge in [-0.15, -0.1) is 0 Å². The Morgan fingerprint density at radius 3 is 1.92 bits per heavy atom. The highest BCUT2D eigenvalue weighted by Crippen LogP contribution is 2.44. The SMILES string of the molecule is CN1CC[C@@]2(C(=O)Nc3ccccc3)CCN(C(=O)Nc3ccccc3)CC[C@@H]12.O=C(O)C(F)(F)F. The van der Waals surface area contributed by atoms with Gasteiger partial charge in [0.1, 0.15) is 0 Å². The minimum atomic E-state index is -5.08. The van der Waals surface area contributed by atoms with Crippen molar-refractivity contribution in [2.45, 2.75) is 31.5 Å². The van der Waals surface area contributed by atoms with E-state index in [1.807, 2.05) is 65.6 Å². The molecule has 36 heavy (non-hydrogen) atoms. The summed E-state index contributed by atoms with van der Waals surface area (Å²) in [5, 5.41) is 13.2. The number of para-hydroxylation sites is 2. The number of amides is 3. The summed E-state index contributed by atoms with van der Waals surface area (Å²) in [4.78, 5) is 39.2. The first kappa shape index (κ1) is 27.0. The summed E-state index contributed by atoms with van der Waals surface area (Å²) in [6, 6.07) is 19.2. The van der Waals surface area contributed by atoms with Crippen molar-refractivity contribution >= 4 is 29.3 Å². The maximum atomic E-state index is 13.4. The largest absolute Gasteiger partial charge is 0.490 e. The molecule has 3 N–H and O–H groups in total. The van der Waals surface area contributed by atoms with E-state index in [1.165, 1.54) is 0 Å². The highest BCUT2D eigenvalue weighted by Gasteiger charge is 2.52. The van der Waals surface area contributed by atoms with E-state index in [4.69, 9.17) is 9.90 Å². The number of benzene rings is 2. The second kappa shape index (κ2) is 11.4. The molecular formula is C25H29F3N4O4. The molecule has 8 nitrogen and oxygen atoms in total. The van der Waals surface area contributed by atoms with Crippen LogP contribution in [0.3, 0.4) is 0 Å². The fourth-order valence-electron chi connectivity index (χ4n) is 4.72. The number of nitrogens with zero attached hydrogens (tertiary/aromatic N) is 2. The summed E-state index contributed by atoms with van der Waals surface area (Å²) in [5.41, 5.74) is 1.14. The zero-order valence-electron chi connectivity index (χ0n) is 19.8. The number of aliphatic carboxylic acids is 1. The third-order valence-electron chi connectivity index (χ3n) is 6.62. The number of carbonyl (C=O) groups excluding carboxylic acids is 2. The van der Waals surface area contributed by atoms with Crippen LogP contribution in [0.25, 0.3) is 0 Å². The molecule has 2 atom stereocenters. The third-order valence-corrected chi connectivity index (χ3v) is 6.62. The number of carboxylic acid groups (broad SMARTS) is 1. The van der Waals surface area contributed by atoms with Gasteiger partial charge in [-0.05, 0) is 57.1 Å². The number of hydrogen-bond acceptors (Lipinski definition) is 4. The normalized spacial score (nSPS) is 21.9. The van der Waals surface area contributed by atoms with Gasteiger partial charge < -0.3 is 25.5 Å². The van der Waals surface area contributed by atoms with E-state index in [0.29, 0.717) is 19.5 Å². The summed E-state index contributed by atoms with van der Waals surface area (Å²) in [6.45, 7) is 2.13. The number of hydrogen-bond donors (Lipinski definition) is 3. The van der Waals surface area contributed by atoms with E-state index in [2.05, 4.69) is 22.6 Å². The number of anilines is 2. The Labute approximate surface area is 207 Å². The molecule has 2 aromatic carbocycles. The Kier molecular flexibility index (Phi) is 8.57. The molecule has 2 heterocycles. The second-order valence-corrected chi connectivity index (χ2v) is 8.85. The molecule has 3 amide bonds. The van der Waals surface area contributed by atoms with Crippen LogP contribution in [-0.4, -0.2) is 71.7 Å². The van der Waals surface area contributed by atoms with Gasteiger partial charge in [-0.1, -0.05) is 36.4 Å². The highest BCUT2D eigenvalue weighted by molar-refractivity contribution is 5.96. The van der Waals surface area contributed by atoms with Gasteiger partial charge >= 0.3 is 18.2 Å². The molecule has 0 aliphatic carbocycles. The zero-order chi connectivity index (χ0) is 26.3. The number of urea groups is 1. The van der Waals surface area contributed by atoms with Crippen molar-refractivity contribution in [1.29, 1.82) is 0 Å². The Hall–Kier alpha value is -3.60. The number of rotatable bonds is 3. The Bertz CT molecular complexity index is 1050. The van der Waals surface area contributed by atoms with Crippen LogP contribution in [0.5, 0.6) is 0 Å². The molecule has 2 aliphatic rings. The van der Waals surface area contributed by atoms with E-state index in [9.17, 15) is 22.8 Å². The zero-order valence-corrected chi connectivity index (χ0v) is 19.8. The van der Waals surface area contributed by atoms with Gasteiger partial charge in [0.05, 0.1) is 5.41 Å². The van der Waals surface area contributed by atoms with Crippen molar-refractivity contribution < 1.29 is 32.7 Å². The van der Waals surface area contributed by atoms with E-state index in [-0.39, 0.29) is 18.0 Å². The van der Waals surface area contributed by atoms with Crippen molar-refractivity contribution in [3.8, 4) is 0 Å². The molecule has 194 valence electrons. The van der Waals surface area contributed by atoms with Gasteiger partial charge in [0.25, 0.3) is 0 Å². The Morgan fingerprint density at radius 2 is 1.39 bits per heavy atom. The van der Waals surface area contributed by atoms with Crippen LogP contribution in [0.4, 0.5) is 29.3 Å². The maximum Gasteiger partial charge on any atom is 0.490 e. The van der Waals surface area contributed by atoms with Gasteiger partial charge in [-0.3, -0.25) is 4.79 Å². The lowest BCUT2D eigenvalue weighted by Gasteiger charge is -2.34. The first-order valence-electron chi connectivity index (χ1n) is 11.5. The van der Waals surface area contributed by atoms with Crippen LogP contribution in [0.2, 0.25) is 0 Å². The van der Waals surface area contributed by atoms with E-state index < -0.39 is 17.6 Å². The summed E-state index contributed by atoms with van der Waals surface area (Å²) < 4.78 is 31.7. The van der Waals surface area contributed by atoms with E-state index in [1.54, 1.807) is 0 Å². The molecule has 0 spiro atoms. The number of fused-ring (bicyclic) bond motifs is 1. The molecule has 2 fully saturated rings. The maximum absolute atomic E-state index is 13.4. The lowest BCUT2D eigenvalue weighted by atomic mass is 9.75. The van der Waals surface area contributed by atoms with Crippen LogP contribution in [-0.2, 0) is 9.59 Å². The summed E-state index contributed by atoms with van der Waals surface area (Å²) >= 11 is 0. The Balaban J connectivity index is 0.000000454.